The lowest BCUT2D eigenvalue weighted by atomic mass is 10.0. The minimum Gasteiger partial charge on any atom is -0.387 e. The van der Waals surface area contributed by atoms with Crippen LogP contribution in [0.25, 0.3) is 0 Å². The maximum atomic E-state index is 13.1. The number of amides is 1. The summed E-state index contributed by atoms with van der Waals surface area (Å²) >= 11 is 0. The third kappa shape index (κ3) is 70.1. The maximum Gasteiger partial charge on any atom is 0.472 e. The van der Waals surface area contributed by atoms with Crippen LogP contribution in [-0.2, 0) is 18.4 Å². The van der Waals surface area contributed by atoms with Gasteiger partial charge in [-0.05, 0) is 96.3 Å². The predicted octanol–water partition coefficient (Wildman–Crippen LogP) is 23.8. The smallest absolute Gasteiger partial charge is 0.387 e. The number of hydrogen-bond donors (Lipinski definition) is 3. The molecule has 0 bridgehead atoms. The van der Waals surface area contributed by atoms with Gasteiger partial charge in [-0.1, -0.05) is 340 Å². The minimum atomic E-state index is -4.37. The Kier molecular flexibility index (Phi) is 65.4. The first-order chi connectivity index (χ1) is 43.0. The van der Waals surface area contributed by atoms with E-state index >= 15 is 0 Å². The summed E-state index contributed by atoms with van der Waals surface area (Å²) in [5, 5.41) is 14.0. The molecule has 0 fully saturated rings. The number of aliphatic hydroxyl groups excluding tert-OH is 1. The van der Waals surface area contributed by atoms with Crippen LogP contribution in [0.15, 0.2) is 134 Å². The van der Waals surface area contributed by atoms with E-state index in [1.807, 2.05) is 27.2 Å². The lowest BCUT2D eigenvalue weighted by Gasteiger charge is -2.25. The molecule has 0 aromatic carbocycles. The number of hydrogen-bond acceptors (Lipinski definition) is 5. The van der Waals surface area contributed by atoms with E-state index in [0.717, 1.165) is 122 Å². The second-order valence-corrected chi connectivity index (χ2v) is 27.0. The minimum absolute atomic E-state index is 0.0521. The summed E-state index contributed by atoms with van der Waals surface area (Å²) in [5.74, 6) is -0.193. The van der Waals surface area contributed by atoms with Gasteiger partial charge >= 0.3 is 7.82 Å². The van der Waals surface area contributed by atoms with Crippen molar-refractivity contribution in [3.63, 3.8) is 0 Å². The molecule has 0 rings (SSSR count). The molecule has 0 aromatic rings. The molecule has 0 aliphatic heterocycles. The van der Waals surface area contributed by atoms with Crippen molar-refractivity contribution in [1.82, 2.24) is 5.32 Å². The van der Waals surface area contributed by atoms with Crippen LogP contribution >= 0.6 is 7.82 Å². The first-order valence-electron chi connectivity index (χ1n) is 36.6. The van der Waals surface area contributed by atoms with E-state index in [-0.39, 0.29) is 19.1 Å². The van der Waals surface area contributed by atoms with Gasteiger partial charge in [-0.25, -0.2) is 4.57 Å². The van der Waals surface area contributed by atoms with Gasteiger partial charge in [0, 0.05) is 6.42 Å². The molecule has 0 saturated heterocycles. The van der Waals surface area contributed by atoms with Gasteiger partial charge in [0.15, 0.2) is 0 Å². The molecule has 9 heteroatoms. The fraction of sp³-hybridized carbons (Fsp3) is 0.709. The van der Waals surface area contributed by atoms with E-state index in [2.05, 4.69) is 141 Å². The molecule has 506 valence electrons. The monoisotopic (exact) mass is 1240 g/mol. The molecule has 8 nitrogen and oxygen atoms in total. The molecule has 1 amide bonds. The average Bonchev–Trinajstić information content (AvgIpc) is 3.70. The Balaban J connectivity index is 4.16. The summed E-state index contributed by atoms with van der Waals surface area (Å²) < 4.78 is 23.8. The van der Waals surface area contributed by atoms with Gasteiger partial charge in [-0.15, -0.1) is 0 Å². The number of quaternary nitrogens is 1. The van der Waals surface area contributed by atoms with Crippen molar-refractivity contribution in [2.75, 3.05) is 40.9 Å². The first-order valence-corrected chi connectivity index (χ1v) is 38.1. The molecule has 0 heterocycles. The maximum absolute atomic E-state index is 13.1. The van der Waals surface area contributed by atoms with E-state index in [4.69, 9.17) is 9.05 Å². The van der Waals surface area contributed by atoms with Crippen molar-refractivity contribution < 1.29 is 32.9 Å². The molecule has 3 N–H and O–H groups in total. The summed E-state index contributed by atoms with van der Waals surface area (Å²) in [4.78, 5) is 23.4. The highest BCUT2D eigenvalue weighted by molar-refractivity contribution is 7.47. The van der Waals surface area contributed by atoms with Crippen molar-refractivity contribution in [2.45, 2.75) is 321 Å². The molecule has 0 aliphatic carbocycles. The summed E-state index contributed by atoms with van der Waals surface area (Å²) in [6.45, 7) is 4.71. The van der Waals surface area contributed by atoms with Gasteiger partial charge < -0.3 is 19.8 Å². The third-order valence-corrected chi connectivity index (χ3v) is 16.9. The van der Waals surface area contributed by atoms with Crippen LogP contribution in [0.5, 0.6) is 0 Å². The van der Waals surface area contributed by atoms with E-state index in [1.54, 1.807) is 6.08 Å². The van der Waals surface area contributed by atoms with E-state index in [9.17, 15) is 19.4 Å². The fourth-order valence-electron chi connectivity index (χ4n) is 10.2. The van der Waals surface area contributed by atoms with Crippen LogP contribution in [0.2, 0.25) is 0 Å². The van der Waals surface area contributed by atoms with Crippen LogP contribution in [0.3, 0.4) is 0 Å². The van der Waals surface area contributed by atoms with E-state index in [1.165, 1.54) is 167 Å². The van der Waals surface area contributed by atoms with Crippen molar-refractivity contribution in [3.8, 4) is 0 Å². The lowest BCUT2D eigenvalue weighted by molar-refractivity contribution is -0.870. The zero-order valence-corrected chi connectivity index (χ0v) is 58.8. The number of carbonyl (C=O) groups excluding carboxylic acids is 1. The topological polar surface area (TPSA) is 105 Å². The summed E-state index contributed by atoms with van der Waals surface area (Å²) in [7, 11) is 1.55. The Bertz CT molecular complexity index is 1900. The standard InChI is InChI=1S/C79H139N2O6P/c1-6-8-10-12-14-16-18-20-22-24-26-28-30-32-34-36-37-38-39-40-41-42-43-45-47-49-51-53-55-57-59-61-63-65-67-69-71-73-79(83)80-77(76-87-88(84,85)86-75-74-81(3,4)5)78(82)72-70-68-66-64-62-60-58-56-54-52-50-48-46-44-35-33-31-29-27-25-23-21-19-17-15-13-11-9-7-2/h8,10,14,16,20,22,26,28,32,34,37-38,40-41,43,45,49,51,55,57,70,72,77-78,82H,6-7,9,11-13,15,17-19,21,23-25,27,29-31,33,35-36,39,42,44,46-48,50,52-54,56,58-69,71,73-76H2,1-5H3,(H-,80,83,84,85)/p+1/b10-8-,16-14-,22-20-,28-26-,34-32-,38-37-,41-40-,45-43-,51-49-,57-55-,72-70+. The number of likely N-dealkylation sites (N-methyl/N-ethyl adjacent to an activating group) is 1. The summed E-state index contributed by atoms with van der Waals surface area (Å²) in [6, 6.07) is -0.867. The third-order valence-electron chi connectivity index (χ3n) is 15.9. The Morgan fingerprint density at radius 1 is 0.398 bits per heavy atom. The number of nitrogens with one attached hydrogen (secondary N) is 1. The molecule has 0 spiro atoms. The van der Waals surface area contributed by atoms with Gasteiger partial charge in [0.25, 0.3) is 0 Å². The van der Waals surface area contributed by atoms with E-state index in [0.29, 0.717) is 17.4 Å². The Morgan fingerprint density at radius 2 is 0.682 bits per heavy atom. The Morgan fingerprint density at radius 3 is 1.00 bits per heavy atom. The van der Waals surface area contributed by atoms with Crippen molar-refractivity contribution in [1.29, 1.82) is 0 Å². The number of carbonyl (C=O) groups is 1. The molecule has 0 aromatic heterocycles. The number of unbranched alkanes of at least 4 members (excludes halogenated alkanes) is 33. The molecule has 0 aliphatic rings. The zero-order valence-electron chi connectivity index (χ0n) is 57.9. The Hall–Kier alpha value is -3.36. The molecule has 3 unspecified atom stereocenters. The highest BCUT2D eigenvalue weighted by Gasteiger charge is 2.28. The normalized spacial score (nSPS) is 14.4. The number of phosphoric acid groups is 1. The quantitative estimate of drug-likeness (QED) is 0.0243. The highest BCUT2D eigenvalue weighted by atomic mass is 31.2. The lowest BCUT2D eigenvalue weighted by Crippen LogP contribution is -2.45. The zero-order chi connectivity index (χ0) is 64.1. The molecule has 0 radical (unpaired) electrons. The first kappa shape index (κ1) is 84.6. The molecule has 0 saturated carbocycles. The fourth-order valence-corrected chi connectivity index (χ4v) is 11.0. The number of phosphoric ester groups is 1. The van der Waals surface area contributed by atoms with Crippen LogP contribution in [0.4, 0.5) is 0 Å². The number of nitrogens with zero attached hydrogens (tertiary/aromatic N) is 1. The largest absolute Gasteiger partial charge is 0.472 e. The van der Waals surface area contributed by atoms with Crippen LogP contribution in [0.1, 0.15) is 309 Å². The molecular weight excluding hydrogens is 1100 g/mol. The Labute approximate surface area is 545 Å². The van der Waals surface area contributed by atoms with Gasteiger partial charge in [0.1, 0.15) is 13.2 Å². The molecular formula is C79H140N2O6P+. The van der Waals surface area contributed by atoms with Gasteiger partial charge in [0.05, 0.1) is 39.9 Å². The average molecular weight is 1240 g/mol. The van der Waals surface area contributed by atoms with Crippen molar-refractivity contribution in [2.24, 2.45) is 0 Å². The van der Waals surface area contributed by atoms with Crippen molar-refractivity contribution in [3.05, 3.63) is 134 Å². The predicted molar refractivity (Wildman–Crippen MR) is 387 cm³/mol. The summed E-state index contributed by atoms with van der Waals surface area (Å²) in [5.41, 5.74) is 0. The number of allylic oxidation sites excluding steroid dienone is 21. The van der Waals surface area contributed by atoms with Gasteiger partial charge in [0.2, 0.25) is 5.91 Å². The molecule has 3 atom stereocenters. The number of aliphatic hydroxyl groups is 1. The summed E-state index contributed by atoms with van der Waals surface area (Å²) in [6.07, 6.45) is 103. The highest BCUT2D eigenvalue weighted by Crippen LogP contribution is 2.43. The van der Waals surface area contributed by atoms with Crippen LogP contribution < -0.4 is 5.32 Å². The van der Waals surface area contributed by atoms with E-state index < -0.39 is 20.0 Å². The van der Waals surface area contributed by atoms with Crippen LogP contribution in [0, 0.1) is 0 Å². The van der Waals surface area contributed by atoms with Gasteiger partial charge in [-0.3, -0.25) is 13.8 Å². The van der Waals surface area contributed by atoms with Crippen LogP contribution in [-0.4, -0.2) is 73.4 Å². The SMILES string of the molecule is CC/C=C\C/C=C\C/C=C\C/C=C\C/C=C\C/C=C\C/C=C\C/C=C\C/C=C\C/C=C\CCCCCCCCC(=O)NC(COP(=O)(O)OCC[N+](C)(C)C)C(O)/C=C/CCCCCCCCCCCCCCCCCCCCCCCCCCCCC. The second kappa shape index (κ2) is 68.0. The number of rotatable bonds is 66. The van der Waals surface area contributed by atoms with Gasteiger partial charge in [-0.2, -0.15) is 0 Å². The second-order valence-electron chi connectivity index (χ2n) is 25.6. The molecule has 88 heavy (non-hydrogen) atoms. The van der Waals surface area contributed by atoms with Crippen molar-refractivity contribution >= 4 is 13.7 Å².